The molecule has 1 aromatic heterocycles. The van der Waals surface area contributed by atoms with Crippen LogP contribution in [0.2, 0.25) is 0 Å². The lowest BCUT2D eigenvalue weighted by molar-refractivity contribution is -0.125. The Kier molecular flexibility index (Phi) is 7.83. The Morgan fingerprint density at radius 1 is 1.16 bits per heavy atom. The summed E-state index contributed by atoms with van der Waals surface area (Å²) >= 11 is 1.78. The van der Waals surface area contributed by atoms with Gasteiger partial charge in [0.05, 0.1) is 10.2 Å². The molecule has 0 radical (unpaired) electrons. The lowest BCUT2D eigenvalue weighted by Crippen LogP contribution is -2.42. The number of likely N-dealkylation sites (tertiary alicyclic amines) is 1. The molecule has 1 amide bonds. The number of aromatic nitrogens is 1. The highest BCUT2D eigenvalue weighted by Crippen LogP contribution is 2.32. The molecule has 5 nitrogen and oxygen atoms in total. The van der Waals surface area contributed by atoms with Crippen molar-refractivity contribution in [3.63, 3.8) is 0 Å². The minimum absolute atomic E-state index is 0.149. The van der Waals surface area contributed by atoms with Crippen molar-refractivity contribution in [2.45, 2.75) is 71.3 Å². The molecule has 4 rings (SSSR count). The van der Waals surface area contributed by atoms with E-state index >= 15 is 0 Å². The lowest BCUT2D eigenvalue weighted by atomic mass is 9.96. The van der Waals surface area contributed by atoms with Crippen LogP contribution in [0.3, 0.4) is 0 Å². The third kappa shape index (κ3) is 5.58. The van der Waals surface area contributed by atoms with Gasteiger partial charge in [0.25, 0.3) is 0 Å². The number of nitrogens with one attached hydrogen (secondary N) is 1. The average Bonchev–Trinajstić information content (AvgIpc) is 3.25. The maximum absolute atomic E-state index is 12.7. The number of hydrogen-bond donors (Lipinski definition) is 1. The second-order valence-electron chi connectivity index (χ2n) is 9.15. The monoisotopic (exact) mass is 442 g/mol. The molecule has 1 atom stereocenters. The summed E-state index contributed by atoms with van der Waals surface area (Å²) in [5, 5.41) is 4.32. The summed E-state index contributed by atoms with van der Waals surface area (Å²) in [5.41, 5.74) is 2.46. The van der Waals surface area contributed by atoms with Crippen molar-refractivity contribution in [1.29, 1.82) is 0 Å². The molecule has 1 N–H and O–H groups in total. The Labute approximate surface area is 191 Å². The minimum atomic E-state index is 0.149. The Bertz CT molecular complexity index is 858. The van der Waals surface area contributed by atoms with Gasteiger partial charge in [-0.3, -0.25) is 4.79 Å². The van der Waals surface area contributed by atoms with E-state index in [9.17, 15) is 4.79 Å². The van der Waals surface area contributed by atoms with Gasteiger partial charge in [0.2, 0.25) is 5.91 Å². The quantitative estimate of drug-likeness (QED) is 0.594. The number of rotatable bonds is 8. The predicted octanol–water partition coefficient (Wildman–Crippen LogP) is 4.85. The third-order valence-electron chi connectivity index (χ3n) is 7.13. The second kappa shape index (κ2) is 10.8. The number of aryl methyl sites for hydroxylation is 1. The number of carbonyl (C=O) groups is 1. The summed E-state index contributed by atoms with van der Waals surface area (Å²) < 4.78 is 1.27. The smallest absolute Gasteiger partial charge is 0.223 e. The predicted molar refractivity (Wildman–Crippen MR) is 131 cm³/mol. The first-order valence-corrected chi connectivity index (χ1v) is 13.2. The molecule has 0 unspecified atom stereocenters. The van der Waals surface area contributed by atoms with Gasteiger partial charge in [-0.05, 0) is 69.2 Å². The molecule has 2 aromatic rings. The van der Waals surface area contributed by atoms with Gasteiger partial charge in [-0.15, -0.1) is 0 Å². The van der Waals surface area contributed by atoms with E-state index in [1.165, 1.54) is 42.5 Å². The van der Waals surface area contributed by atoms with Crippen molar-refractivity contribution < 1.29 is 4.79 Å². The standard InChI is InChI=1S/C25H38N4OS/c1-3-19-9-10-22-23(18-19)31-25(27-22)29-16-11-20(12-17-29)24(30)26-13-7-15-28-14-6-5-8-21(28)4-2/h9-10,18,20-21H,3-8,11-17H2,1-2H3,(H,26,30)/t21-/m0/s1. The van der Waals surface area contributed by atoms with Crippen molar-refractivity contribution in [3.8, 4) is 0 Å². The minimum Gasteiger partial charge on any atom is -0.356 e. The molecule has 2 aliphatic rings. The van der Waals surface area contributed by atoms with E-state index in [1.54, 1.807) is 11.3 Å². The van der Waals surface area contributed by atoms with Crippen molar-refractivity contribution in [2.75, 3.05) is 37.6 Å². The van der Waals surface area contributed by atoms with Crippen molar-refractivity contribution in [1.82, 2.24) is 15.2 Å². The summed E-state index contributed by atoms with van der Waals surface area (Å²) in [5.74, 6) is 0.401. The van der Waals surface area contributed by atoms with Crippen LogP contribution in [-0.4, -0.2) is 54.6 Å². The van der Waals surface area contributed by atoms with Gasteiger partial charge in [-0.25, -0.2) is 4.98 Å². The third-order valence-corrected chi connectivity index (χ3v) is 8.21. The van der Waals surface area contributed by atoms with Gasteiger partial charge < -0.3 is 15.1 Å². The zero-order valence-corrected chi connectivity index (χ0v) is 20.1. The van der Waals surface area contributed by atoms with Crippen LogP contribution in [0.4, 0.5) is 5.13 Å². The largest absolute Gasteiger partial charge is 0.356 e. The highest BCUT2D eigenvalue weighted by atomic mass is 32.1. The van der Waals surface area contributed by atoms with E-state index < -0.39 is 0 Å². The first-order valence-electron chi connectivity index (χ1n) is 12.3. The zero-order valence-electron chi connectivity index (χ0n) is 19.2. The Balaban J connectivity index is 1.20. The molecule has 3 heterocycles. The van der Waals surface area contributed by atoms with Crippen LogP contribution in [0, 0.1) is 5.92 Å². The fraction of sp³-hybridized carbons (Fsp3) is 0.680. The maximum atomic E-state index is 12.7. The molecule has 0 spiro atoms. The number of nitrogens with zero attached hydrogens (tertiary/aromatic N) is 3. The van der Waals surface area contributed by atoms with Crippen molar-refractivity contribution in [2.24, 2.45) is 5.92 Å². The summed E-state index contributed by atoms with van der Waals surface area (Å²) in [6, 6.07) is 7.34. The molecule has 2 aliphatic heterocycles. The second-order valence-corrected chi connectivity index (χ2v) is 10.2. The van der Waals surface area contributed by atoms with Gasteiger partial charge in [0.15, 0.2) is 5.13 Å². The molecule has 6 heteroatoms. The van der Waals surface area contributed by atoms with Crippen LogP contribution in [-0.2, 0) is 11.2 Å². The first kappa shape index (κ1) is 22.5. The van der Waals surface area contributed by atoms with Gasteiger partial charge in [-0.1, -0.05) is 37.7 Å². The van der Waals surface area contributed by atoms with Crippen LogP contribution < -0.4 is 10.2 Å². The van der Waals surface area contributed by atoms with Gasteiger partial charge >= 0.3 is 0 Å². The molecule has 31 heavy (non-hydrogen) atoms. The summed E-state index contributed by atoms with van der Waals surface area (Å²) in [6.07, 6.45) is 9.26. The van der Waals surface area contributed by atoms with Crippen LogP contribution in [0.1, 0.15) is 64.4 Å². The molecular formula is C25H38N4OS. The molecule has 0 aliphatic carbocycles. The SMILES string of the molecule is CCc1ccc2nc(N3CCC(C(=O)NCCCN4CCCC[C@@H]4CC)CC3)sc2c1. The van der Waals surface area contributed by atoms with E-state index in [2.05, 4.69) is 47.2 Å². The Morgan fingerprint density at radius 2 is 2.00 bits per heavy atom. The number of fused-ring (bicyclic) bond motifs is 1. The number of carbonyl (C=O) groups excluding carboxylic acids is 1. The highest BCUT2D eigenvalue weighted by molar-refractivity contribution is 7.22. The van der Waals surface area contributed by atoms with Crippen LogP contribution in [0.25, 0.3) is 10.2 Å². The molecular weight excluding hydrogens is 404 g/mol. The number of benzene rings is 1. The summed E-state index contributed by atoms with van der Waals surface area (Å²) in [6.45, 7) is 9.49. The van der Waals surface area contributed by atoms with Crippen molar-refractivity contribution in [3.05, 3.63) is 23.8 Å². The van der Waals surface area contributed by atoms with Gasteiger partial charge in [0, 0.05) is 38.1 Å². The van der Waals surface area contributed by atoms with E-state index in [4.69, 9.17) is 4.98 Å². The lowest BCUT2D eigenvalue weighted by Gasteiger charge is -2.35. The normalized spacial score (nSPS) is 21.0. The summed E-state index contributed by atoms with van der Waals surface area (Å²) in [4.78, 5) is 22.5. The number of piperidine rings is 2. The van der Waals surface area contributed by atoms with Gasteiger partial charge in [-0.2, -0.15) is 0 Å². The summed E-state index contributed by atoms with van der Waals surface area (Å²) in [7, 11) is 0. The van der Waals surface area contributed by atoms with Crippen LogP contribution in [0.5, 0.6) is 0 Å². The number of thiazole rings is 1. The fourth-order valence-electron chi connectivity index (χ4n) is 5.10. The number of hydrogen-bond acceptors (Lipinski definition) is 5. The van der Waals surface area contributed by atoms with E-state index in [0.717, 1.165) is 68.6 Å². The van der Waals surface area contributed by atoms with E-state index in [1.807, 2.05) is 0 Å². The Morgan fingerprint density at radius 3 is 2.77 bits per heavy atom. The molecule has 170 valence electrons. The molecule has 0 saturated carbocycles. The topological polar surface area (TPSA) is 48.5 Å². The zero-order chi connectivity index (χ0) is 21.6. The molecule has 0 bridgehead atoms. The molecule has 2 fully saturated rings. The first-order chi connectivity index (χ1) is 15.2. The number of amides is 1. The highest BCUT2D eigenvalue weighted by Gasteiger charge is 2.26. The number of anilines is 1. The fourth-order valence-corrected chi connectivity index (χ4v) is 6.18. The van der Waals surface area contributed by atoms with E-state index in [0.29, 0.717) is 0 Å². The molecule has 1 aromatic carbocycles. The molecule has 2 saturated heterocycles. The maximum Gasteiger partial charge on any atom is 0.223 e. The van der Waals surface area contributed by atoms with Crippen molar-refractivity contribution >= 4 is 32.6 Å². The van der Waals surface area contributed by atoms with Gasteiger partial charge in [0.1, 0.15) is 0 Å². The Hall–Kier alpha value is -1.66. The van der Waals surface area contributed by atoms with E-state index in [-0.39, 0.29) is 11.8 Å². The van der Waals surface area contributed by atoms with Crippen LogP contribution in [0.15, 0.2) is 18.2 Å². The van der Waals surface area contributed by atoms with Crippen LogP contribution >= 0.6 is 11.3 Å². The average molecular weight is 443 g/mol.